The molecular weight excluding hydrogens is 504 g/mol. The number of nitrogens with one attached hydrogen (secondary N) is 2. The molecule has 2 fully saturated rings. The van der Waals surface area contributed by atoms with E-state index < -0.39 is 11.6 Å². The molecule has 0 aliphatic heterocycles. The third-order valence-corrected chi connectivity index (χ3v) is 7.85. The molecule has 0 radical (unpaired) electrons. The maximum Gasteiger partial charge on any atom is 0.224 e. The average Bonchev–Trinajstić information content (AvgIpc) is 3.21. The Morgan fingerprint density at radius 2 is 1.84 bits per heavy atom. The number of rotatable bonds is 6. The Morgan fingerprint density at radius 3 is 2.49 bits per heavy atom. The first-order valence-corrected chi connectivity index (χ1v) is 13.0. The summed E-state index contributed by atoms with van der Waals surface area (Å²) in [5, 5.41) is 16.3. The first-order valence-electron chi connectivity index (χ1n) is 12.6. The topological polar surface area (TPSA) is 131 Å². The van der Waals surface area contributed by atoms with Gasteiger partial charge >= 0.3 is 0 Å². The molecule has 0 spiro atoms. The number of benzene rings is 1. The van der Waals surface area contributed by atoms with E-state index in [-0.39, 0.29) is 52.6 Å². The normalized spacial score (nSPS) is 26.2. The molecule has 0 saturated heterocycles. The second-order valence-electron chi connectivity index (χ2n) is 10.2. The molecule has 1 unspecified atom stereocenters. The molecule has 3 aromatic rings. The van der Waals surface area contributed by atoms with E-state index in [1.54, 1.807) is 6.20 Å². The van der Waals surface area contributed by atoms with E-state index in [0.717, 1.165) is 25.0 Å². The number of carbonyl (C=O) groups is 1. The van der Waals surface area contributed by atoms with Gasteiger partial charge in [0, 0.05) is 23.0 Å². The second-order valence-corrected chi connectivity index (χ2v) is 10.6. The van der Waals surface area contributed by atoms with Crippen LogP contribution in [-0.4, -0.2) is 42.7 Å². The monoisotopic (exact) mass is 533 g/mol. The van der Waals surface area contributed by atoms with Gasteiger partial charge in [-0.1, -0.05) is 18.5 Å². The van der Waals surface area contributed by atoms with E-state index in [2.05, 4.69) is 20.6 Å². The molecule has 9 nitrogen and oxygen atoms in total. The fraction of sp³-hybridized carbons (Fsp3) is 0.520. The number of aromatic nitrogens is 4. The molecule has 2 saturated carbocycles. The molecule has 198 valence electrons. The zero-order chi connectivity index (χ0) is 26.3. The lowest BCUT2D eigenvalue weighted by molar-refractivity contribution is -0.122. The van der Waals surface area contributed by atoms with Crippen LogP contribution in [0.2, 0.25) is 5.02 Å². The van der Waals surface area contributed by atoms with Gasteiger partial charge in [-0.2, -0.15) is 4.98 Å². The van der Waals surface area contributed by atoms with E-state index in [9.17, 15) is 18.7 Å². The minimum absolute atomic E-state index is 0.0286. The molecule has 1 amide bonds. The second kappa shape index (κ2) is 10.4. The molecule has 5 rings (SSSR count). The van der Waals surface area contributed by atoms with Crippen molar-refractivity contribution >= 4 is 46.3 Å². The number of nitrogens with two attached hydrogens (primary N) is 1. The van der Waals surface area contributed by atoms with Crippen LogP contribution in [0.25, 0.3) is 11.2 Å². The quantitative estimate of drug-likeness (QED) is 0.362. The van der Waals surface area contributed by atoms with Gasteiger partial charge in [-0.15, -0.1) is 0 Å². The summed E-state index contributed by atoms with van der Waals surface area (Å²) in [7, 11) is 0. The standard InChI is InChI=1S/C25H30ClF2N7O2/c1-12-2-5-15(10-20(12)36)31-24-30-11-19-23(34-24)35(16-6-3-13(4-7-16)22(29)37)25(32-19)33-21-17(27)8-14(26)9-18(21)28/h8-9,11-13,15-16,20,36H,2-7,10H2,1H3,(H2,29,37)(H,32,33)(H,30,31,34)/t12-,13?,15?,16?,20-/m1/s1. The van der Waals surface area contributed by atoms with Gasteiger partial charge < -0.3 is 21.5 Å². The smallest absolute Gasteiger partial charge is 0.224 e. The van der Waals surface area contributed by atoms with E-state index >= 15 is 0 Å². The number of halogens is 3. The van der Waals surface area contributed by atoms with Crippen molar-refractivity contribution in [2.75, 3.05) is 10.6 Å². The zero-order valence-corrected chi connectivity index (χ0v) is 21.2. The fourth-order valence-electron chi connectivity index (χ4n) is 5.40. The van der Waals surface area contributed by atoms with Crippen LogP contribution in [0.5, 0.6) is 0 Å². The van der Waals surface area contributed by atoms with E-state index in [0.29, 0.717) is 49.2 Å². The minimum Gasteiger partial charge on any atom is -0.393 e. The highest BCUT2D eigenvalue weighted by atomic mass is 35.5. The molecule has 12 heteroatoms. The van der Waals surface area contributed by atoms with Gasteiger partial charge in [0.15, 0.2) is 17.3 Å². The zero-order valence-electron chi connectivity index (χ0n) is 20.4. The van der Waals surface area contributed by atoms with Gasteiger partial charge in [0.2, 0.25) is 17.8 Å². The predicted molar refractivity (Wildman–Crippen MR) is 137 cm³/mol. The first-order chi connectivity index (χ1) is 17.7. The van der Waals surface area contributed by atoms with Crippen molar-refractivity contribution in [3.63, 3.8) is 0 Å². The lowest BCUT2D eigenvalue weighted by Gasteiger charge is -2.31. The van der Waals surface area contributed by atoms with Gasteiger partial charge in [-0.25, -0.2) is 18.7 Å². The Balaban J connectivity index is 1.50. The molecule has 1 aromatic carbocycles. The lowest BCUT2D eigenvalue weighted by atomic mass is 9.85. The van der Waals surface area contributed by atoms with Gasteiger partial charge in [-0.05, 0) is 63.0 Å². The van der Waals surface area contributed by atoms with E-state index in [4.69, 9.17) is 22.3 Å². The van der Waals surface area contributed by atoms with Crippen LogP contribution in [0.1, 0.15) is 57.9 Å². The number of primary amides is 1. The number of fused-ring (bicyclic) bond motifs is 1. The first kappa shape index (κ1) is 25.6. The Hall–Kier alpha value is -3.05. The van der Waals surface area contributed by atoms with Crippen molar-refractivity contribution in [3.05, 3.63) is 35.0 Å². The fourth-order valence-corrected chi connectivity index (χ4v) is 5.59. The van der Waals surface area contributed by atoms with Gasteiger partial charge in [0.05, 0.1) is 12.3 Å². The number of amides is 1. The highest BCUT2D eigenvalue weighted by Gasteiger charge is 2.30. The van der Waals surface area contributed by atoms with Crippen molar-refractivity contribution < 1.29 is 18.7 Å². The maximum atomic E-state index is 14.6. The number of carbonyl (C=O) groups excluding carboxylic acids is 1. The van der Waals surface area contributed by atoms with Crippen molar-refractivity contribution in [2.24, 2.45) is 17.6 Å². The molecule has 37 heavy (non-hydrogen) atoms. The van der Waals surface area contributed by atoms with Gasteiger partial charge in [0.1, 0.15) is 11.2 Å². The number of aliphatic hydroxyl groups is 1. The summed E-state index contributed by atoms with van der Waals surface area (Å²) in [5.74, 6) is -1.37. The average molecular weight is 534 g/mol. The minimum atomic E-state index is -0.848. The van der Waals surface area contributed by atoms with Crippen LogP contribution in [-0.2, 0) is 4.79 Å². The van der Waals surface area contributed by atoms with Gasteiger partial charge in [-0.3, -0.25) is 9.36 Å². The van der Waals surface area contributed by atoms with Crippen molar-refractivity contribution in [2.45, 2.75) is 70.1 Å². The highest BCUT2D eigenvalue weighted by molar-refractivity contribution is 6.30. The summed E-state index contributed by atoms with van der Waals surface area (Å²) < 4.78 is 31.1. The summed E-state index contributed by atoms with van der Waals surface area (Å²) in [6, 6.07) is 1.96. The Kier molecular flexibility index (Phi) is 7.17. The maximum absolute atomic E-state index is 14.6. The van der Waals surface area contributed by atoms with Crippen molar-refractivity contribution in [1.82, 2.24) is 19.5 Å². The van der Waals surface area contributed by atoms with Crippen LogP contribution in [0.3, 0.4) is 0 Å². The molecule has 2 aromatic heterocycles. The van der Waals surface area contributed by atoms with Gasteiger partial charge in [0.25, 0.3) is 0 Å². The molecule has 2 aliphatic rings. The van der Waals surface area contributed by atoms with Crippen LogP contribution in [0, 0.1) is 23.5 Å². The lowest BCUT2D eigenvalue weighted by Crippen LogP contribution is -2.35. The largest absolute Gasteiger partial charge is 0.393 e. The van der Waals surface area contributed by atoms with E-state index in [1.165, 1.54) is 0 Å². The van der Waals surface area contributed by atoms with Crippen LogP contribution < -0.4 is 16.4 Å². The number of nitrogens with zero attached hydrogens (tertiary/aromatic N) is 4. The summed E-state index contributed by atoms with van der Waals surface area (Å²) in [4.78, 5) is 25.4. The number of hydrogen-bond acceptors (Lipinski definition) is 7. The molecule has 2 heterocycles. The number of aliphatic hydroxyl groups excluding tert-OH is 1. The molecule has 0 bridgehead atoms. The molecule has 2 aliphatic carbocycles. The summed E-state index contributed by atoms with van der Waals surface area (Å²) in [6.45, 7) is 2.04. The number of imidazole rings is 1. The van der Waals surface area contributed by atoms with E-state index in [1.807, 2.05) is 11.5 Å². The van der Waals surface area contributed by atoms with Crippen molar-refractivity contribution in [1.29, 1.82) is 0 Å². The molecular formula is C25H30ClF2N7O2. The SMILES string of the molecule is C[C@@H]1CCC(Nc2ncc3nc(Nc4c(F)cc(Cl)cc4F)n(C4CCC(C(N)=O)CC4)c3n2)C[C@H]1O. The van der Waals surface area contributed by atoms with Crippen molar-refractivity contribution in [3.8, 4) is 0 Å². The summed E-state index contributed by atoms with van der Waals surface area (Å²) >= 11 is 5.79. The highest BCUT2D eigenvalue weighted by Crippen LogP contribution is 2.38. The Labute approximate surface area is 217 Å². The van der Waals surface area contributed by atoms with Crippen LogP contribution in [0.15, 0.2) is 18.3 Å². The molecule has 3 atom stereocenters. The third kappa shape index (κ3) is 5.33. The summed E-state index contributed by atoms with van der Waals surface area (Å²) in [6.07, 6.45) is 6.00. The van der Waals surface area contributed by atoms with Crippen LogP contribution >= 0.6 is 11.6 Å². The molecule has 5 N–H and O–H groups in total. The summed E-state index contributed by atoms with van der Waals surface area (Å²) in [5.41, 5.74) is 6.10. The van der Waals surface area contributed by atoms with Crippen LogP contribution in [0.4, 0.5) is 26.4 Å². The third-order valence-electron chi connectivity index (χ3n) is 7.63. The Morgan fingerprint density at radius 1 is 1.14 bits per heavy atom. The predicted octanol–water partition coefficient (Wildman–Crippen LogP) is 4.68. The number of anilines is 3. The number of hydrogen-bond donors (Lipinski definition) is 4. The Bertz CT molecular complexity index is 1290.